The third-order valence-electron chi connectivity index (χ3n) is 2.46. The van der Waals surface area contributed by atoms with Gasteiger partial charge in [0.25, 0.3) is 5.91 Å². The first kappa shape index (κ1) is 11.0. The normalized spacial score (nSPS) is 17.9. The zero-order valence-corrected chi connectivity index (χ0v) is 8.41. The maximum Gasteiger partial charge on any atom is 0.298 e. The molecule has 1 aliphatic rings. The maximum absolute atomic E-state index is 11.1. The number of carbonyl (C=O) groups excluding carboxylic acids is 1. The minimum Gasteiger partial charge on any atom is -0.330 e. The van der Waals surface area contributed by atoms with E-state index in [1.54, 1.807) is 4.90 Å². The molecule has 0 aromatic carbocycles. The lowest BCUT2D eigenvalue weighted by Gasteiger charge is -2.33. The van der Waals surface area contributed by atoms with Crippen molar-refractivity contribution in [2.24, 2.45) is 5.73 Å². The smallest absolute Gasteiger partial charge is 0.298 e. The molecule has 0 atom stereocenters. The Morgan fingerprint density at radius 1 is 1.36 bits per heavy atom. The number of nitrogens with two attached hydrogens (primary N) is 1. The summed E-state index contributed by atoms with van der Waals surface area (Å²) in [5.74, 6) is 1.95. The number of hydrogen-bond acceptors (Lipinski definition) is 3. The maximum atomic E-state index is 11.1. The molecule has 78 valence electrons. The van der Waals surface area contributed by atoms with Gasteiger partial charge >= 0.3 is 0 Å². The quantitative estimate of drug-likeness (QED) is 0.595. The Hall–Kier alpha value is -1.05. The van der Waals surface area contributed by atoms with Gasteiger partial charge < -0.3 is 10.6 Å². The molecule has 4 heteroatoms. The highest BCUT2D eigenvalue weighted by atomic mass is 16.2. The van der Waals surface area contributed by atoms with Gasteiger partial charge in [0.2, 0.25) is 0 Å². The third-order valence-corrected chi connectivity index (χ3v) is 2.46. The lowest BCUT2D eigenvalue weighted by Crippen LogP contribution is -2.48. The van der Waals surface area contributed by atoms with Crippen molar-refractivity contribution in [1.82, 2.24) is 9.80 Å². The van der Waals surface area contributed by atoms with Gasteiger partial charge in [-0.25, -0.2) is 0 Å². The van der Waals surface area contributed by atoms with Gasteiger partial charge in [-0.1, -0.05) is 0 Å². The fraction of sp³-hybridized carbons (Fsp3) is 0.700. The van der Waals surface area contributed by atoms with Crippen LogP contribution in [0.4, 0.5) is 0 Å². The average molecular weight is 195 g/mol. The van der Waals surface area contributed by atoms with Gasteiger partial charge in [0.1, 0.15) is 0 Å². The molecule has 0 radical (unpaired) electrons. The largest absolute Gasteiger partial charge is 0.330 e. The number of terminal acetylenes is 1. The van der Waals surface area contributed by atoms with E-state index in [1.165, 1.54) is 0 Å². The Morgan fingerprint density at radius 2 is 2.00 bits per heavy atom. The van der Waals surface area contributed by atoms with Gasteiger partial charge in [0.15, 0.2) is 0 Å². The summed E-state index contributed by atoms with van der Waals surface area (Å²) in [5, 5.41) is 0. The van der Waals surface area contributed by atoms with E-state index < -0.39 is 0 Å². The van der Waals surface area contributed by atoms with Crippen molar-refractivity contribution in [2.75, 3.05) is 39.3 Å². The molecule has 4 nitrogen and oxygen atoms in total. The minimum atomic E-state index is -0.191. The molecule has 0 saturated carbocycles. The average Bonchev–Trinajstić information content (AvgIpc) is 2.26. The third kappa shape index (κ3) is 3.02. The van der Waals surface area contributed by atoms with Crippen LogP contribution in [0, 0.1) is 12.3 Å². The van der Waals surface area contributed by atoms with Crippen LogP contribution in [0.25, 0.3) is 0 Å². The predicted octanol–water partition coefficient (Wildman–Crippen LogP) is -0.887. The second-order valence-corrected chi connectivity index (χ2v) is 3.42. The lowest BCUT2D eigenvalue weighted by molar-refractivity contribution is -0.126. The number of amides is 1. The molecule has 14 heavy (non-hydrogen) atoms. The molecule has 1 saturated heterocycles. The SMILES string of the molecule is C#CC(=O)N1CCN(CCCN)CC1. The molecule has 1 fully saturated rings. The first-order valence-corrected chi connectivity index (χ1v) is 4.96. The fourth-order valence-corrected chi connectivity index (χ4v) is 1.58. The number of piperazine rings is 1. The zero-order chi connectivity index (χ0) is 10.4. The van der Waals surface area contributed by atoms with E-state index in [9.17, 15) is 4.79 Å². The van der Waals surface area contributed by atoms with E-state index in [0.29, 0.717) is 0 Å². The molecule has 0 spiro atoms. The Kier molecular flexibility index (Phi) is 4.44. The molecule has 0 bridgehead atoms. The predicted molar refractivity (Wildman–Crippen MR) is 55.5 cm³/mol. The molecule has 2 N–H and O–H groups in total. The molecule has 0 unspecified atom stereocenters. The molecular weight excluding hydrogens is 178 g/mol. The molecule has 0 aliphatic carbocycles. The van der Waals surface area contributed by atoms with Gasteiger partial charge in [-0.2, -0.15) is 0 Å². The highest BCUT2D eigenvalue weighted by molar-refractivity contribution is 5.92. The summed E-state index contributed by atoms with van der Waals surface area (Å²) in [6, 6.07) is 0. The highest BCUT2D eigenvalue weighted by Gasteiger charge is 2.18. The summed E-state index contributed by atoms with van der Waals surface area (Å²) in [6.45, 7) is 5.06. The van der Waals surface area contributed by atoms with E-state index in [4.69, 9.17) is 12.2 Å². The molecule has 1 aliphatic heterocycles. The Morgan fingerprint density at radius 3 is 2.50 bits per heavy atom. The van der Waals surface area contributed by atoms with Crippen molar-refractivity contribution in [3.05, 3.63) is 0 Å². The van der Waals surface area contributed by atoms with Crippen LogP contribution in [-0.2, 0) is 4.79 Å². The van der Waals surface area contributed by atoms with Crippen molar-refractivity contribution in [3.63, 3.8) is 0 Å². The lowest BCUT2D eigenvalue weighted by atomic mass is 10.3. The first-order chi connectivity index (χ1) is 6.77. The fourth-order valence-electron chi connectivity index (χ4n) is 1.58. The van der Waals surface area contributed by atoms with Crippen LogP contribution in [0.5, 0.6) is 0 Å². The monoisotopic (exact) mass is 195 g/mol. The van der Waals surface area contributed by atoms with Crippen LogP contribution < -0.4 is 5.73 Å². The van der Waals surface area contributed by atoms with E-state index in [1.807, 2.05) is 0 Å². The minimum absolute atomic E-state index is 0.191. The van der Waals surface area contributed by atoms with E-state index >= 15 is 0 Å². The van der Waals surface area contributed by atoms with Crippen LogP contribution in [0.1, 0.15) is 6.42 Å². The van der Waals surface area contributed by atoms with Gasteiger partial charge in [-0.3, -0.25) is 9.69 Å². The summed E-state index contributed by atoms with van der Waals surface area (Å²) in [4.78, 5) is 15.2. The van der Waals surface area contributed by atoms with Crippen LogP contribution in [0.3, 0.4) is 0 Å². The van der Waals surface area contributed by atoms with Gasteiger partial charge in [-0.05, 0) is 25.4 Å². The second-order valence-electron chi connectivity index (χ2n) is 3.42. The topological polar surface area (TPSA) is 49.6 Å². The van der Waals surface area contributed by atoms with Crippen molar-refractivity contribution in [3.8, 4) is 12.3 Å². The summed E-state index contributed by atoms with van der Waals surface area (Å²) in [6.07, 6.45) is 6.06. The highest BCUT2D eigenvalue weighted by Crippen LogP contribution is 2.01. The van der Waals surface area contributed by atoms with Crippen LogP contribution in [0.15, 0.2) is 0 Å². The standard InChI is InChI=1S/C10H17N3O/c1-2-10(14)13-8-6-12(7-9-13)5-3-4-11/h1H,3-9,11H2. The van der Waals surface area contributed by atoms with Crippen molar-refractivity contribution in [1.29, 1.82) is 0 Å². The van der Waals surface area contributed by atoms with Gasteiger partial charge in [0, 0.05) is 26.2 Å². The van der Waals surface area contributed by atoms with Crippen molar-refractivity contribution in [2.45, 2.75) is 6.42 Å². The van der Waals surface area contributed by atoms with Crippen molar-refractivity contribution < 1.29 is 4.79 Å². The summed E-state index contributed by atoms with van der Waals surface area (Å²) < 4.78 is 0. The van der Waals surface area contributed by atoms with E-state index in [2.05, 4.69) is 10.8 Å². The first-order valence-electron chi connectivity index (χ1n) is 4.96. The molecular formula is C10H17N3O. The molecule has 0 aromatic rings. The van der Waals surface area contributed by atoms with E-state index in [0.717, 1.165) is 45.7 Å². The zero-order valence-electron chi connectivity index (χ0n) is 8.41. The van der Waals surface area contributed by atoms with E-state index in [-0.39, 0.29) is 5.91 Å². The number of rotatable bonds is 3. The molecule has 1 heterocycles. The Labute approximate surface area is 85.0 Å². The second kappa shape index (κ2) is 5.63. The Bertz CT molecular complexity index is 226. The number of nitrogens with zero attached hydrogens (tertiary/aromatic N) is 2. The summed E-state index contributed by atoms with van der Waals surface area (Å²) >= 11 is 0. The molecule has 1 amide bonds. The van der Waals surface area contributed by atoms with Crippen LogP contribution in [0.2, 0.25) is 0 Å². The van der Waals surface area contributed by atoms with Gasteiger partial charge in [-0.15, -0.1) is 6.42 Å². The molecule has 0 aromatic heterocycles. The Balaban J connectivity index is 2.25. The van der Waals surface area contributed by atoms with Crippen LogP contribution >= 0.6 is 0 Å². The number of hydrogen-bond donors (Lipinski definition) is 1. The molecule has 1 rings (SSSR count). The van der Waals surface area contributed by atoms with Crippen molar-refractivity contribution >= 4 is 5.91 Å². The summed E-state index contributed by atoms with van der Waals surface area (Å²) in [5.41, 5.74) is 5.43. The number of carbonyl (C=O) groups is 1. The summed E-state index contributed by atoms with van der Waals surface area (Å²) in [7, 11) is 0. The van der Waals surface area contributed by atoms with Gasteiger partial charge in [0.05, 0.1) is 0 Å². The van der Waals surface area contributed by atoms with Crippen LogP contribution in [-0.4, -0.2) is 55.0 Å².